The number of aromatic amines is 1. The number of rotatable bonds is 11. The zero-order chi connectivity index (χ0) is 27.8. The van der Waals surface area contributed by atoms with Crippen LogP contribution >= 0.6 is 0 Å². The number of fused-ring (bicyclic) bond motifs is 1. The van der Waals surface area contributed by atoms with Crippen molar-refractivity contribution in [2.75, 3.05) is 20.7 Å². The van der Waals surface area contributed by atoms with E-state index >= 15 is 4.39 Å². The van der Waals surface area contributed by atoms with Crippen LogP contribution in [0.3, 0.4) is 0 Å². The molecule has 0 radical (unpaired) electrons. The van der Waals surface area contributed by atoms with Crippen molar-refractivity contribution in [1.29, 1.82) is 0 Å². The number of allylic oxidation sites excluding steroid dienone is 2. The van der Waals surface area contributed by atoms with Crippen LogP contribution in [0.2, 0.25) is 0 Å². The molecular weight excluding hydrogens is 496 g/mol. The fraction of sp³-hybridized carbons (Fsp3) is 0.250. The Hall–Kier alpha value is -4.26. The molecular formula is C32H33F2N3O2. The summed E-state index contributed by atoms with van der Waals surface area (Å²) in [4.78, 5) is 13.1. The lowest BCUT2D eigenvalue weighted by atomic mass is 9.87. The fourth-order valence-electron chi connectivity index (χ4n) is 4.47. The summed E-state index contributed by atoms with van der Waals surface area (Å²) < 4.78 is 35.4. The molecule has 1 amide bonds. The van der Waals surface area contributed by atoms with E-state index in [1.807, 2.05) is 48.5 Å². The molecule has 1 N–H and O–H groups in total. The molecule has 5 nitrogen and oxygen atoms in total. The van der Waals surface area contributed by atoms with Crippen LogP contribution in [0, 0.1) is 11.8 Å². The number of benzene rings is 3. The van der Waals surface area contributed by atoms with Gasteiger partial charge in [0.15, 0.2) is 11.6 Å². The molecule has 202 valence electrons. The highest BCUT2D eigenvalue weighted by Crippen LogP contribution is 2.37. The van der Waals surface area contributed by atoms with Gasteiger partial charge in [-0.1, -0.05) is 55.5 Å². The molecule has 0 saturated carbocycles. The van der Waals surface area contributed by atoms with Gasteiger partial charge in [0.1, 0.15) is 0 Å². The number of likely N-dealkylation sites (N-methyl/N-ethyl adjacent to an activating group) is 1. The van der Waals surface area contributed by atoms with Gasteiger partial charge in [-0.2, -0.15) is 9.49 Å². The van der Waals surface area contributed by atoms with Gasteiger partial charge >= 0.3 is 0 Å². The summed E-state index contributed by atoms with van der Waals surface area (Å²) in [6.45, 7) is 2.42. The first kappa shape index (κ1) is 27.8. The molecule has 7 heteroatoms. The van der Waals surface area contributed by atoms with Crippen molar-refractivity contribution in [2.45, 2.75) is 32.6 Å². The topological polar surface area (TPSA) is 58.2 Å². The van der Waals surface area contributed by atoms with Gasteiger partial charge in [0.05, 0.1) is 17.5 Å². The van der Waals surface area contributed by atoms with Gasteiger partial charge in [0.2, 0.25) is 11.9 Å². The van der Waals surface area contributed by atoms with Crippen LogP contribution in [0.1, 0.15) is 49.3 Å². The summed E-state index contributed by atoms with van der Waals surface area (Å²) in [5.41, 5.74) is 4.85. The molecule has 0 saturated heterocycles. The van der Waals surface area contributed by atoms with Crippen molar-refractivity contribution < 1.29 is 18.3 Å². The average Bonchev–Trinajstić information content (AvgIpc) is 3.31. The summed E-state index contributed by atoms with van der Waals surface area (Å²) in [7, 11) is 3.42. The maximum atomic E-state index is 15.3. The Morgan fingerprint density at radius 2 is 1.72 bits per heavy atom. The SMILES string of the molecule is CC/C(=C(/c1ccc(OCCCC/C=C/C(=O)N(C)C)c(F)c1)c1ccc2n[nH]c(F)c2c1)c1ccccc1. The van der Waals surface area contributed by atoms with Crippen molar-refractivity contribution in [2.24, 2.45) is 0 Å². The highest BCUT2D eigenvalue weighted by Gasteiger charge is 2.17. The third-order valence-corrected chi connectivity index (χ3v) is 6.52. The molecule has 4 rings (SSSR count). The lowest BCUT2D eigenvalue weighted by Crippen LogP contribution is -2.18. The molecule has 0 aliphatic carbocycles. The van der Waals surface area contributed by atoms with Crippen molar-refractivity contribution in [3.63, 3.8) is 0 Å². The molecule has 0 atom stereocenters. The van der Waals surface area contributed by atoms with E-state index in [-0.39, 0.29) is 11.7 Å². The van der Waals surface area contributed by atoms with Crippen molar-refractivity contribution in [1.82, 2.24) is 15.1 Å². The summed E-state index contributed by atoms with van der Waals surface area (Å²) in [6.07, 6.45) is 6.41. The Bertz CT molecular complexity index is 1490. The highest BCUT2D eigenvalue weighted by molar-refractivity contribution is 6.00. The molecule has 0 fully saturated rings. The standard InChI is InChI=1S/C32H33F2N3O2/c1-4-25(22-12-8-7-9-13-22)31(23-15-17-28-26(20-23)32(34)36-35-28)24-16-18-29(27(33)21-24)39-19-11-6-5-10-14-30(38)37(2)3/h7-10,12-18,20-21H,4-6,11,19H2,1-3H3,(H,35,36)/b14-10+,31-25-. The number of hydrogen-bond acceptors (Lipinski definition) is 3. The van der Waals surface area contributed by atoms with Gasteiger partial charge in [0, 0.05) is 14.1 Å². The second-order valence-electron chi connectivity index (χ2n) is 9.47. The number of carbonyl (C=O) groups excluding carboxylic acids is 1. The minimum absolute atomic E-state index is 0.0462. The van der Waals surface area contributed by atoms with E-state index in [1.165, 1.54) is 11.0 Å². The van der Waals surface area contributed by atoms with Gasteiger partial charge in [-0.25, -0.2) is 4.39 Å². The van der Waals surface area contributed by atoms with Crippen LogP contribution in [-0.4, -0.2) is 41.7 Å². The number of ether oxygens (including phenoxy) is 1. The van der Waals surface area contributed by atoms with Crippen LogP contribution in [0.25, 0.3) is 22.0 Å². The van der Waals surface area contributed by atoms with Gasteiger partial charge in [-0.15, -0.1) is 0 Å². The minimum Gasteiger partial charge on any atom is -0.491 e. The van der Waals surface area contributed by atoms with E-state index in [4.69, 9.17) is 4.74 Å². The second-order valence-corrected chi connectivity index (χ2v) is 9.47. The fourth-order valence-corrected chi connectivity index (χ4v) is 4.47. The summed E-state index contributed by atoms with van der Waals surface area (Å²) in [5.74, 6) is -0.820. The number of halogens is 2. The normalized spacial score (nSPS) is 12.1. The molecule has 4 aromatic rings. The number of aromatic nitrogens is 2. The zero-order valence-corrected chi connectivity index (χ0v) is 22.5. The largest absolute Gasteiger partial charge is 0.491 e. The predicted molar refractivity (Wildman–Crippen MR) is 152 cm³/mol. The zero-order valence-electron chi connectivity index (χ0n) is 22.5. The summed E-state index contributed by atoms with van der Waals surface area (Å²) >= 11 is 0. The van der Waals surface area contributed by atoms with Crippen molar-refractivity contribution in [3.8, 4) is 5.75 Å². The van der Waals surface area contributed by atoms with E-state index < -0.39 is 11.8 Å². The molecule has 3 aromatic carbocycles. The Kier molecular flexibility index (Phi) is 9.26. The Balaban J connectivity index is 1.57. The van der Waals surface area contributed by atoms with Crippen LogP contribution in [0.5, 0.6) is 5.75 Å². The van der Waals surface area contributed by atoms with E-state index in [9.17, 15) is 9.18 Å². The maximum Gasteiger partial charge on any atom is 0.245 e. The van der Waals surface area contributed by atoms with Crippen molar-refractivity contribution in [3.05, 3.63) is 107 Å². The van der Waals surface area contributed by atoms with Crippen LogP contribution in [0.15, 0.2) is 78.9 Å². The lowest BCUT2D eigenvalue weighted by molar-refractivity contribution is -0.123. The second kappa shape index (κ2) is 13.0. The number of H-pyrrole nitrogens is 1. The molecule has 0 bridgehead atoms. The number of nitrogens with one attached hydrogen (secondary N) is 1. The monoisotopic (exact) mass is 529 g/mol. The summed E-state index contributed by atoms with van der Waals surface area (Å²) in [6, 6.07) is 20.3. The average molecular weight is 530 g/mol. The van der Waals surface area contributed by atoms with E-state index in [0.717, 1.165) is 41.5 Å². The highest BCUT2D eigenvalue weighted by atomic mass is 19.1. The van der Waals surface area contributed by atoms with Crippen LogP contribution < -0.4 is 4.74 Å². The van der Waals surface area contributed by atoms with Gasteiger partial charge < -0.3 is 9.64 Å². The molecule has 0 aliphatic rings. The number of amides is 1. The Labute approximate surface area is 227 Å². The smallest absolute Gasteiger partial charge is 0.245 e. The van der Waals surface area contributed by atoms with Crippen LogP contribution in [0.4, 0.5) is 8.78 Å². The first-order chi connectivity index (χ1) is 18.9. The van der Waals surface area contributed by atoms with E-state index in [0.29, 0.717) is 29.5 Å². The van der Waals surface area contributed by atoms with Gasteiger partial charge in [0.25, 0.3) is 0 Å². The lowest BCUT2D eigenvalue weighted by Gasteiger charge is -2.17. The van der Waals surface area contributed by atoms with Crippen LogP contribution in [-0.2, 0) is 4.79 Å². The molecule has 0 unspecified atom stereocenters. The summed E-state index contributed by atoms with van der Waals surface area (Å²) in [5, 5.41) is 6.77. The third kappa shape index (κ3) is 6.79. The molecule has 1 heterocycles. The molecule has 0 aliphatic heterocycles. The minimum atomic E-state index is -0.501. The molecule has 0 spiro atoms. The Morgan fingerprint density at radius 1 is 0.974 bits per heavy atom. The van der Waals surface area contributed by atoms with E-state index in [1.54, 1.807) is 38.4 Å². The number of unbranched alkanes of at least 4 members (excludes halogenated alkanes) is 2. The van der Waals surface area contributed by atoms with Crippen molar-refractivity contribution >= 4 is 28.0 Å². The maximum absolute atomic E-state index is 15.3. The quantitative estimate of drug-likeness (QED) is 0.125. The first-order valence-electron chi connectivity index (χ1n) is 13.1. The van der Waals surface area contributed by atoms with E-state index in [2.05, 4.69) is 17.1 Å². The molecule has 39 heavy (non-hydrogen) atoms. The number of hydrogen-bond donors (Lipinski definition) is 1. The van der Waals surface area contributed by atoms with Gasteiger partial charge in [-0.3, -0.25) is 9.89 Å². The molecule has 1 aromatic heterocycles. The first-order valence-corrected chi connectivity index (χ1v) is 13.1. The number of nitrogens with zero attached hydrogens (tertiary/aromatic N) is 2. The number of carbonyl (C=O) groups is 1. The predicted octanol–water partition coefficient (Wildman–Crippen LogP) is 7.40. The third-order valence-electron chi connectivity index (χ3n) is 6.52. The van der Waals surface area contributed by atoms with Gasteiger partial charge in [-0.05, 0) is 83.9 Å². The Morgan fingerprint density at radius 3 is 2.44 bits per heavy atom.